The largest absolute Gasteiger partial charge is 0.493 e. The Morgan fingerprint density at radius 1 is 1.14 bits per heavy atom. The second kappa shape index (κ2) is 10.6. The van der Waals surface area contributed by atoms with E-state index < -0.39 is 15.9 Å². The number of allylic oxidation sites excluding steroid dienone is 1. The van der Waals surface area contributed by atoms with Gasteiger partial charge in [0.2, 0.25) is 10.0 Å². The highest BCUT2D eigenvalue weighted by Gasteiger charge is 2.32. The molecule has 2 heterocycles. The number of hydrogen-bond acceptors (Lipinski definition) is 7. The Bertz CT molecular complexity index is 1450. The van der Waals surface area contributed by atoms with Crippen molar-refractivity contribution < 1.29 is 27.4 Å². The Labute approximate surface area is 214 Å². The summed E-state index contributed by atoms with van der Waals surface area (Å²) in [5.41, 5.74) is 1.12. The first kappa shape index (κ1) is 26.1. The molecule has 1 saturated heterocycles. The molecule has 0 aliphatic carbocycles. The number of rotatable bonds is 7. The molecule has 9 nitrogen and oxygen atoms in total. The molecule has 4 rings (SSSR count). The molecule has 11 heteroatoms. The van der Waals surface area contributed by atoms with Gasteiger partial charge in [0.05, 0.1) is 41.5 Å². The van der Waals surface area contributed by atoms with Crippen LogP contribution in [0.1, 0.15) is 24.2 Å². The third-order valence-corrected chi connectivity index (χ3v) is 8.71. The van der Waals surface area contributed by atoms with Crippen LogP contribution in [0, 0.1) is 0 Å². The maximum absolute atomic E-state index is 13.1. The van der Waals surface area contributed by atoms with Gasteiger partial charge in [-0.15, -0.1) is 6.58 Å². The SMILES string of the molecule is C=CCn1c(=NC(=O)c2ccc(S(=O)(=O)N3CC(C)OC(C)C3)cc2)sc2cc(OC)c(OC)cc21. The Balaban J connectivity index is 1.67. The minimum Gasteiger partial charge on any atom is -0.493 e. The van der Waals surface area contributed by atoms with E-state index in [0.717, 1.165) is 10.2 Å². The van der Waals surface area contributed by atoms with Crippen molar-refractivity contribution in [2.45, 2.75) is 37.5 Å². The van der Waals surface area contributed by atoms with Crippen molar-refractivity contribution in [3.8, 4) is 11.5 Å². The van der Waals surface area contributed by atoms with Crippen LogP contribution in [0.25, 0.3) is 10.2 Å². The van der Waals surface area contributed by atoms with Crippen LogP contribution in [0.3, 0.4) is 0 Å². The standard InChI is InChI=1S/C25H29N3O6S2/c1-6-11-28-20-12-21(32-4)22(33-5)13-23(20)35-25(28)26-24(29)18-7-9-19(10-8-18)36(30,31)27-14-16(2)34-17(3)15-27/h6-10,12-13,16-17H,1,11,14-15H2,2-5H3. The summed E-state index contributed by atoms with van der Waals surface area (Å²) >= 11 is 1.34. The molecule has 1 aromatic heterocycles. The number of benzene rings is 2. The highest BCUT2D eigenvalue weighted by atomic mass is 32.2. The predicted molar refractivity (Wildman–Crippen MR) is 138 cm³/mol. The summed E-state index contributed by atoms with van der Waals surface area (Å²) in [6, 6.07) is 9.55. The molecule has 2 aromatic carbocycles. The Morgan fingerprint density at radius 2 is 1.75 bits per heavy atom. The van der Waals surface area contributed by atoms with Crippen LogP contribution in [-0.4, -0.2) is 62.7 Å². The molecular formula is C25H29N3O6S2. The molecule has 1 fully saturated rings. The van der Waals surface area contributed by atoms with Crippen LogP contribution >= 0.6 is 11.3 Å². The topological polar surface area (TPSA) is 99.4 Å². The number of carbonyl (C=O) groups is 1. The van der Waals surface area contributed by atoms with Crippen LogP contribution in [-0.2, 0) is 21.3 Å². The molecule has 0 radical (unpaired) electrons. The molecule has 0 N–H and O–H groups in total. The van der Waals surface area contributed by atoms with Gasteiger partial charge in [-0.05, 0) is 38.1 Å². The third-order valence-electron chi connectivity index (χ3n) is 5.82. The lowest BCUT2D eigenvalue weighted by Crippen LogP contribution is -2.48. The van der Waals surface area contributed by atoms with Gasteiger partial charge in [0.1, 0.15) is 0 Å². The number of sulfonamides is 1. The van der Waals surface area contributed by atoms with Gasteiger partial charge in [-0.1, -0.05) is 17.4 Å². The van der Waals surface area contributed by atoms with Gasteiger partial charge in [-0.25, -0.2) is 8.42 Å². The van der Waals surface area contributed by atoms with Crippen LogP contribution in [0.4, 0.5) is 0 Å². The molecule has 2 atom stereocenters. The summed E-state index contributed by atoms with van der Waals surface area (Å²) in [5, 5.41) is 0. The highest BCUT2D eigenvalue weighted by Crippen LogP contribution is 2.33. The van der Waals surface area contributed by atoms with Crippen LogP contribution < -0.4 is 14.3 Å². The van der Waals surface area contributed by atoms with Crippen molar-refractivity contribution in [1.29, 1.82) is 0 Å². The van der Waals surface area contributed by atoms with E-state index in [2.05, 4.69) is 11.6 Å². The monoisotopic (exact) mass is 531 g/mol. The molecule has 36 heavy (non-hydrogen) atoms. The summed E-state index contributed by atoms with van der Waals surface area (Å²) in [5.74, 6) is 0.672. The van der Waals surface area contributed by atoms with E-state index in [-0.39, 0.29) is 35.8 Å². The Hall–Kier alpha value is -2.99. The van der Waals surface area contributed by atoms with Crippen molar-refractivity contribution in [3.63, 3.8) is 0 Å². The first-order chi connectivity index (χ1) is 17.2. The molecule has 192 valence electrons. The Morgan fingerprint density at radius 3 is 2.33 bits per heavy atom. The highest BCUT2D eigenvalue weighted by molar-refractivity contribution is 7.89. The number of hydrogen-bond donors (Lipinski definition) is 0. The minimum atomic E-state index is -3.70. The molecule has 2 unspecified atom stereocenters. The van der Waals surface area contributed by atoms with Gasteiger partial charge >= 0.3 is 0 Å². The average molecular weight is 532 g/mol. The molecule has 1 aliphatic rings. The van der Waals surface area contributed by atoms with Crippen molar-refractivity contribution >= 4 is 37.5 Å². The lowest BCUT2D eigenvalue weighted by molar-refractivity contribution is -0.0440. The molecule has 0 bridgehead atoms. The predicted octanol–water partition coefficient (Wildman–Crippen LogP) is 3.45. The number of methoxy groups -OCH3 is 2. The fourth-order valence-corrected chi connectivity index (χ4v) is 6.82. The van der Waals surface area contributed by atoms with Gasteiger partial charge in [-0.2, -0.15) is 9.30 Å². The third kappa shape index (κ3) is 5.10. The summed E-state index contributed by atoms with van der Waals surface area (Å²) in [6.07, 6.45) is 1.35. The first-order valence-electron chi connectivity index (χ1n) is 11.4. The number of aromatic nitrogens is 1. The van der Waals surface area contributed by atoms with Crippen molar-refractivity contribution in [1.82, 2.24) is 8.87 Å². The molecule has 1 amide bonds. The molecule has 0 spiro atoms. The van der Waals surface area contributed by atoms with Crippen LogP contribution in [0.15, 0.2) is 58.9 Å². The second-order valence-electron chi connectivity index (χ2n) is 8.48. The molecule has 0 saturated carbocycles. The van der Waals surface area contributed by atoms with Crippen LogP contribution in [0.2, 0.25) is 0 Å². The van der Waals surface area contributed by atoms with Crippen molar-refractivity contribution in [2.75, 3.05) is 27.3 Å². The number of ether oxygens (including phenoxy) is 3. The van der Waals surface area contributed by atoms with E-state index in [4.69, 9.17) is 14.2 Å². The van der Waals surface area contributed by atoms with E-state index in [1.807, 2.05) is 30.5 Å². The number of nitrogens with zero attached hydrogens (tertiary/aromatic N) is 3. The van der Waals surface area contributed by atoms with Crippen molar-refractivity contribution in [2.24, 2.45) is 4.99 Å². The molecule has 3 aromatic rings. The fourth-order valence-electron chi connectivity index (χ4n) is 4.18. The maximum Gasteiger partial charge on any atom is 0.279 e. The van der Waals surface area contributed by atoms with Crippen molar-refractivity contribution in [3.05, 3.63) is 59.4 Å². The van der Waals surface area contributed by atoms with E-state index in [1.165, 1.54) is 39.9 Å². The Kier molecular flexibility index (Phi) is 7.65. The molecule has 1 aliphatic heterocycles. The number of amides is 1. The summed E-state index contributed by atoms with van der Waals surface area (Å²) < 4.78 is 46.8. The number of fused-ring (bicyclic) bond motifs is 1. The number of morpholine rings is 1. The lowest BCUT2D eigenvalue weighted by atomic mass is 10.2. The lowest BCUT2D eigenvalue weighted by Gasteiger charge is -2.34. The average Bonchev–Trinajstić information content (AvgIpc) is 3.18. The van der Waals surface area contributed by atoms with E-state index in [9.17, 15) is 13.2 Å². The van der Waals surface area contributed by atoms with Gasteiger partial charge < -0.3 is 18.8 Å². The van der Waals surface area contributed by atoms with Gasteiger partial charge in [0.15, 0.2) is 16.3 Å². The maximum atomic E-state index is 13.1. The zero-order valence-corrected chi connectivity index (χ0v) is 22.3. The van der Waals surface area contributed by atoms with Crippen LogP contribution in [0.5, 0.6) is 11.5 Å². The normalized spacial score (nSPS) is 19.4. The van der Waals surface area contributed by atoms with E-state index >= 15 is 0 Å². The second-order valence-corrected chi connectivity index (χ2v) is 11.4. The van der Waals surface area contributed by atoms with Gasteiger partial charge in [0.25, 0.3) is 5.91 Å². The van der Waals surface area contributed by atoms with Gasteiger partial charge in [-0.3, -0.25) is 4.79 Å². The summed E-state index contributed by atoms with van der Waals surface area (Å²) in [7, 11) is -0.574. The summed E-state index contributed by atoms with van der Waals surface area (Å²) in [6.45, 7) is 8.52. The zero-order chi connectivity index (χ0) is 26.0. The number of thiazole rings is 1. The first-order valence-corrected chi connectivity index (χ1v) is 13.6. The molecular weight excluding hydrogens is 502 g/mol. The fraction of sp³-hybridized carbons (Fsp3) is 0.360. The van der Waals surface area contributed by atoms with E-state index in [0.29, 0.717) is 22.8 Å². The van der Waals surface area contributed by atoms with Gasteiger partial charge in [0, 0.05) is 37.3 Å². The zero-order valence-electron chi connectivity index (χ0n) is 20.6. The summed E-state index contributed by atoms with van der Waals surface area (Å²) in [4.78, 5) is 18.0. The smallest absolute Gasteiger partial charge is 0.279 e. The van der Waals surface area contributed by atoms with E-state index in [1.54, 1.807) is 20.3 Å². The number of carbonyl (C=O) groups excluding carboxylic acids is 1. The minimum absolute atomic E-state index is 0.128. The quantitative estimate of drug-likeness (QED) is 0.433.